The van der Waals surface area contributed by atoms with Crippen molar-refractivity contribution >= 4 is 22.1 Å². The number of aromatic nitrogens is 4. The molecule has 138 valence electrons. The van der Waals surface area contributed by atoms with Crippen LogP contribution >= 0.6 is 0 Å². The van der Waals surface area contributed by atoms with E-state index in [1.807, 2.05) is 67.3 Å². The van der Waals surface area contributed by atoms with Crippen LogP contribution in [0, 0.1) is 0 Å². The van der Waals surface area contributed by atoms with Crippen molar-refractivity contribution in [3.05, 3.63) is 73.2 Å². The molecule has 1 N–H and O–H groups in total. The largest absolute Gasteiger partial charge is 0.491 e. The van der Waals surface area contributed by atoms with Crippen LogP contribution in [0.1, 0.15) is 13.8 Å². The highest BCUT2D eigenvalue weighted by Gasteiger charge is 2.10. The van der Waals surface area contributed by atoms with Crippen LogP contribution < -0.4 is 4.74 Å². The van der Waals surface area contributed by atoms with Crippen LogP contribution in [0.4, 0.5) is 0 Å². The lowest BCUT2D eigenvalue weighted by molar-refractivity contribution is 0.242. The van der Waals surface area contributed by atoms with Crippen LogP contribution in [0.15, 0.2) is 73.2 Å². The van der Waals surface area contributed by atoms with Gasteiger partial charge in [0.15, 0.2) is 5.65 Å². The molecule has 5 heteroatoms. The molecule has 0 amide bonds. The number of nitrogens with one attached hydrogen (secondary N) is 1. The molecule has 5 nitrogen and oxygen atoms in total. The Kier molecular flexibility index (Phi) is 3.86. The van der Waals surface area contributed by atoms with E-state index in [0.717, 1.165) is 39.4 Å². The van der Waals surface area contributed by atoms with Gasteiger partial charge >= 0.3 is 0 Å². The summed E-state index contributed by atoms with van der Waals surface area (Å²) in [4.78, 5) is 12.6. The van der Waals surface area contributed by atoms with E-state index in [4.69, 9.17) is 9.72 Å². The Morgan fingerprint density at radius 2 is 1.82 bits per heavy atom. The van der Waals surface area contributed by atoms with Crippen molar-refractivity contribution in [2.75, 3.05) is 0 Å². The second kappa shape index (κ2) is 6.53. The van der Waals surface area contributed by atoms with Gasteiger partial charge in [-0.25, -0.2) is 9.97 Å². The van der Waals surface area contributed by atoms with E-state index in [1.54, 1.807) is 0 Å². The van der Waals surface area contributed by atoms with Gasteiger partial charge in [-0.15, -0.1) is 0 Å². The molecule has 0 aliphatic rings. The van der Waals surface area contributed by atoms with Crippen LogP contribution in [-0.4, -0.2) is 25.6 Å². The van der Waals surface area contributed by atoms with E-state index in [1.165, 1.54) is 5.39 Å². The predicted molar refractivity (Wildman–Crippen MR) is 112 cm³/mol. The molecule has 28 heavy (non-hydrogen) atoms. The SMILES string of the molecule is CC(C)Oc1ccc(-n2cnc3ccc(-c4ccc5[nH]ccc5c4)nc32)cc1. The molecule has 0 saturated heterocycles. The number of H-pyrrole nitrogens is 1. The molecule has 0 radical (unpaired) electrons. The minimum Gasteiger partial charge on any atom is -0.491 e. The monoisotopic (exact) mass is 368 g/mol. The zero-order valence-corrected chi connectivity index (χ0v) is 15.8. The third kappa shape index (κ3) is 2.91. The van der Waals surface area contributed by atoms with Gasteiger partial charge in [-0.05, 0) is 68.4 Å². The normalized spacial score (nSPS) is 11.5. The maximum atomic E-state index is 5.74. The van der Waals surface area contributed by atoms with Gasteiger partial charge < -0.3 is 9.72 Å². The van der Waals surface area contributed by atoms with E-state index in [9.17, 15) is 0 Å². The molecule has 0 fully saturated rings. The molecular formula is C23H20N4O. The second-order valence-corrected chi connectivity index (χ2v) is 7.09. The van der Waals surface area contributed by atoms with Gasteiger partial charge in [0.1, 0.15) is 17.6 Å². The van der Waals surface area contributed by atoms with E-state index in [2.05, 4.69) is 34.2 Å². The number of nitrogens with zero attached hydrogens (tertiary/aromatic N) is 3. The molecular weight excluding hydrogens is 348 g/mol. The minimum absolute atomic E-state index is 0.154. The summed E-state index contributed by atoms with van der Waals surface area (Å²) in [6.07, 6.45) is 3.92. The summed E-state index contributed by atoms with van der Waals surface area (Å²) in [6.45, 7) is 4.04. The molecule has 5 aromatic rings. The van der Waals surface area contributed by atoms with Crippen LogP contribution in [-0.2, 0) is 0 Å². The van der Waals surface area contributed by atoms with E-state index < -0.39 is 0 Å². The van der Waals surface area contributed by atoms with Gasteiger partial charge in [0.2, 0.25) is 0 Å². The first kappa shape index (κ1) is 16.6. The fraction of sp³-hybridized carbons (Fsp3) is 0.130. The Balaban J connectivity index is 1.56. The van der Waals surface area contributed by atoms with Crippen molar-refractivity contribution in [2.45, 2.75) is 20.0 Å². The van der Waals surface area contributed by atoms with E-state index in [-0.39, 0.29) is 6.10 Å². The quantitative estimate of drug-likeness (QED) is 0.465. The molecule has 2 aromatic carbocycles. The van der Waals surface area contributed by atoms with Crippen molar-refractivity contribution in [1.82, 2.24) is 19.5 Å². The number of fused-ring (bicyclic) bond motifs is 2. The first-order valence-electron chi connectivity index (χ1n) is 9.36. The molecule has 0 aliphatic carbocycles. The molecule has 5 rings (SSSR count). The minimum atomic E-state index is 0.154. The number of hydrogen-bond donors (Lipinski definition) is 1. The number of aromatic amines is 1. The summed E-state index contributed by atoms with van der Waals surface area (Å²) in [5, 5.41) is 1.17. The summed E-state index contributed by atoms with van der Waals surface area (Å²) in [6, 6.07) is 20.4. The number of rotatable bonds is 4. The van der Waals surface area contributed by atoms with Gasteiger partial charge in [-0.1, -0.05) is 6.07 Å². The van der Waals surface area contributed by atoms with E-state index in [0.29, 0.717) is 0 Å². The maximum absolute atomic E-state index is 5.74. The first-order chi connectivity index (χ1) is 13.7. The molecule has 0 aliphatic heterocycles. The third-order valence-electron chi connectivity index (χ3n) is 4.73. The number of hydrogen-bond acceptors (Lipinski definition) is 3. The molecule has 0 saturated carbocycles. The molecule has 0 bridgehead atoms. The Morgan fingerprint density at radius 1 is 0.964 bits per heavy atom. The average Bonchev–Trinajstić information content (AvgIpc) is 3.34. The Morgan fingerprint density at radius 3 is 2.64 bits per heavy atom. The van der Waals surface area contributed by atoms with Crippen LogP contribution in [0.3, 0.4) is 0 Å². The second-order valence-electron chi connectivity index (χ2n) is 7.09. The van der Waals surface area contributed by atoms with Gasteiger partial charge in [-0.3, -0.25) is 4.57 Å². The summed E-state index contributed by atoms with van der Waals surface area (Å²) in [5.74, 6) is 0.858. The van der Waals surface area contributed by atoms with Crippen molar-refractivity contribution in [2.24, 2.45) is 0 Å². The lowest BCUT2D eigenvalue weighted by Gasteiger charge is -2.10. The molecule has 0 atom stereocenters. The fourth-order valence-electron chi connectivity index (χ4n) is 3.41. The summed E-state index contributed by atoms with van der Waals surface area (Å²) in [7, 11) is 0. The maximum Gasteiger partial charge on any atom is 0.165 e. The number of ether oxygens (including phenoxy) is 1. The molecule has 3 aromatic heterocycles. The smallest absolute Gasteiger partial charge is 0.165 e. The Hall–Kier alpha value is -3.60. The van der Waals surface area contributed by atoms with Gasteiger partial charge in [0.25, 0.3) is 0 Å². The highest BCUT2D eigenvalue weighted by molar-refractivity contribution is 5.85. The molecule has 0 spiro atoms. The number of pyridine rings is 1. The van der Waals surface area contributed by atoms with Crippen molar-refractivity contribution < 1.29 is 4.74 Å². The van der Waals surface area contributed by atoms with Crippen LogP contribution in [0.2, 0.25) is 0 Å². The first-order valence-corrected chi connectivity index (χ1v) is 9.36. The van der Waals surface area contributed by atoms with E-state index >= 15 is 0 Å². The number of benzene rings is 2. The Bertz CT molecular complexity index is 1270. The summed E-state index contributed by atoms with van der Waals surface area (Å²) >= 11 is 0. The Labute approximate surface area is 162 Å². The highest BCUT2D eigenvalue weighted by Crippen LogP contribution is 2.26. The standard InChI is InChI=1S/C23H20N4O/c1-15(2)28-19-6-4-18(5-7-19)27-14-25-22-10-9-21(26-23(22)27)16-3-8-20-17(13-16)11-12-24-20/h3-15,24H,1-2H3. The molecule has 0 unspecified atom stereocenters. The third-order valence-corrected chi connectivity index (χ3v) is 4.73. The predicted octanol–water partition coefficient (Wildman–Crippen LogP) is 5.36. The zero-order chi connectivity index (χ0) is 19.1. The van der Waals surface area contributed by atoms with Gasteiger partial charge in [0.05, 0.1) is 11.8 Å². The molecule has 3 heterocycles. The highest BCUT2D eigenvalue weighted by atomic mass is 16.5. The summed E-state index contributed by atoms with van der Waals surface area (Å²) < 4.78 is 7.74. The van der Waals surface area contributed by atoms with Crippen molar-refractivity contribution in [3.63, 3.8) is 0 Å². The van der Waals surface area contributed by atoms with Crippen LogP contribution in [0.5, 0.6) is 5.75 Å². The lowest BCUT2D eigenvalue weighted by Crippen LogP contribution is -2.05. The van der Waals surface area contributed by atoms with Crippen LogP contribution in [0.25, 0.3) is 39.0 Å². The number of imidazole rings is 1. The summed E-state index contributed by atoms with van der Waals surface area (Å²) in [5.41, 5.74) is 5.85. The van der Waals surface area contributed by atoms with Crippen molar-refractivity contribution in [1.29, 1.82) is 0 Å². The fourth-order valence-corrected chi connectivity index (χ4v) is 3.41. The van der Waals surface area contributed by atoms with Gasteiger partial charge in [0, 0.05) is 28.4 Å². The topological polar surface area (TPSA) is 55.7 Å². The zero-order valence-electron chi connectivity index (χ0n) is 15.8. The van der Waals surface area contributed by atoms with Crippen molar-refractivity contribution in [3.8, 4) is 22.7 Å². The van der Waals surface area contributed by atoms with Gasteiger partial charge in [-0.2, -0.15) is 0 Å². The lowest BCUT2D eigenvalue weighted by atomic mass is 10.1. The average molecular weight is 368 g/mol.